The van der Waals surface area contributed by atoms with Crippen LogP contribution in [0.3, 0.4) is 0 Å². The SMILES string of the molecule is CSc1ccc(Cc2ccc3c(c2)[C@]2(CC3)OC(CO)[C@@H](O)[C@H](O)[C@H]2O)cc1. The molecule has 0 radical (unpaired) electrons. The van der Waals surface area contributed by atoms with Crippen molar-refractivity contribution in [1.82, 2.24) is 0 Å². The predicted octanol–water partition coefficient (Wildman–Crippen LogP) is 1.61. The van der Waals surface area contributed by atoms with Crippen LogP contribution in [0.4, 0.5) is 0 Å². The third-order valence-electron chi connectivity index (χ3n) is 6.04. The molecule has 0 amide bonds. The van der Waals surface area contributed by atoms with Crippen molar-refractivity contribution >= 4 is 11.8 Å². The smallest absolute Gasteiger partial charge is 0.123 e. The van der Waals surface area contributed by atoms with E-state index in [2.05, 4.69) is 42.7 Å². The Bertz CT molecular complexity index is 837. The summed E-state index contributed by atoms with van der Waals surface area (Å²) in [7, 11) is 0. The van der Waals surface area contributed by atoms with Gasteiger partial charge in [0.25, 0.3) is 0 Å². The summed E-state index contributed by atoms with van der Waals surface area (Å²) in [6.45, 7) is -0.413. The van der Waals surface area contributed by atoms with Crippen LogP contribution in [0.15, 0.2) is 47.4 Å². The van der Waals surface area contributed by atoms with Gasteiger partial charge in [-0.2, -0.15) is 0 Å². The fourth-order valence-electron chi connectivity index (χ4n) is 4.45. The van der Waals surface area contributed by atoms with Gasteiger partial charge < -0.3 is 25.2 Å². The molecule has 1 fully saturated rings. The van der Waals surface area contributed by atoms with Crippen LogP contribution in [0.2, 0.25) is 0 Å². The van der Waals surface area contributed by atoms with Crippen LogP contribution in [0.1, 0.15) is 28.7 Å². The molecular weight excluding hydrogens is 376 g/mol. The Morgan fingerprint density at radius 1 is 1.04 bits per heavy atom. The van der Waals surface area contributed by atoms with Gasteiger partial charge in [0.15, 0.2) is 0 Å². The van der Waals surface area contributed by atoms with Gasteiger partial charge in [0, 0.05) is 4.90 Å². The van der Waals surface area contributed by atoms with E-state index in [0.29, 0.717) is 6.42 Å². The van der Waals surface area contributed by atoms with Crippen LogP contribution in [0, 0.1) is 0 Å². The van der Waals surface area contributed by atoms with Crippen LogP contribution in [-0.4, -0.2) is 57.7 Å². The zero-order chi connectivity index (χ0) is 19.9. The summed E-state index contributed by atoms with van der Waals surface area (Å²) < 4.78 is 6.03. The summed E-state index contributed by atoms with van der Waals surface area (Å²) in [4.78, 5) is 1.22. The quantitative estimate of drug-likeness (QED) is 0.581. The van der Waals surface area contributed by atoms with Crippen molar-refractivity contribution in [3.8, 4) is 0 Å². The summed E-state index contributed by atoms with van der Waals surface area (Å²) in [5.74, 6) is 0. The first kappa shape index (κ1) is 19.9. The summed E-state index contributed by atoms with van der Waals surface area (Å²) in [6.07, 6.45) is -0.814. The molecule has 4 N–H and O–H groups in total. The van der Waals surface area contributed by atoms with Crippen LogP contribution >= 0.6 is 11.8 Å². The van der Waals surface area contributed by atoms with Crippen LogP contribution < -0.4 is 0 Å². The third kappa shape index (κ3) is 3.28. The normalized spacial score (nSPS) is 31.9. The van der Waals surface area contributed by atoms with Crippen molar-refractivity contribution in [2.75, 3.05) is 12.9 Å². The lowest BCUT2D eigenvalue weighted by Crippen LogP contribution is -2.62. The Kier molecular flexibility index (Phi) is 5.53. The highest BCUT2D eigenvalue weighted by atomic mass is 32.2. The number of hydrogen-bond donors (Lipinski definition) is 4. The summed E-state index contributed by atoms with van der Waals surface area (Å²) in [5.41, 5.74) is 3.11. The highest BCUT2D eigenvalue weighted by Gasteiger charge is 2.56. The molecule has 0 saturated carbocycles. The van der Waals surface area contributed by atoms with Gasteiger partial charge in [-0.15, -0.1) is 11.8 Å². The van der Waals surface area contributed by atoms with Crippen LogP contribution in [0.25, 0.3) is 0 Å². The van der Waals surface area contributed by atoms with Crippen molar-refractivity contribution in [2.24, 2.45) is 0 Å². The molecule has 1 aliphatic carbocycles. The molecule has 6 heteroatoms. The van der Waals surface area contributed by atoms with E-state index < -0.39 is 36.6 Å². The Labute approximate surface area is 169 Å². The zero-order valence-corrected chi connectivity index (χ0v) is 16.6. The third-order valence-corrected chi connectivity index (χ3v) is 6.78. The fraction of sp³-hybridized carbons (Fsp3) is 0.455. The molecule has 2 aliphatic rings. The van der Waals surface area contributed by atoms with Gasteiger partial charge in [-0.1, -0.05) is 30.3 Å². The molecule has 1 heterocycles. The van der Waals surface area contributed by atoms with Gasteiger partial charge in [0.05, 0.1) is 6.61 Å². The topological polar surface area (TPSA) is 90.2 Å². The maximum Gasteiger partial charge on any atom is 0.123 e. The number of thioether (sulfide) groups is 1. The first-order valence-corrected chi connectivity index (χ1v) is 10.8. The number of aliphatic hydroxyl groups excluding tert-OH is 4. The van der Waals surface area contributed by atoms with Crippen molar-refractivity contribution < 1.29 is 25.2 Å². The molecule has 1 spiro atoms. The monoisotopic (exact) mass is 402 g/mol. The minimum absolute atomic E-state index is 0.413. The largest absolute Gasteiger partial charge is 0.394 e. The van der Waals surface area contributed by atoms with Gasteiger partial charge in [-0.3, -0.25) is 0 Å². The molecule has 1 unspecified atom stereocenters. The van der Waals surface area contributed by atoms with Crippen molar-refractivity contribution in [2.45, 2.75) is 54.2 Å². The maximum atomic E-state index is 10.8. The minimum Gasteiger partial charge on any atom is -0.394 e. The minimum atomic E-state index is -1.36. The van der Waals surface area contributed by atoms with Crippen molar-refractivity contribution in [3.05, 3.63) is 64.7 Å². The molecule has 1 saturated heterocycles. The number of benzene rings is 2. The van der Waals surface area contributed by atoms with E-state index in [1.807, 2.05) is 6.07 Å². The van der Waals surface area contributed by atoms with Gasteiger partial charge in [0.1, 0.15) is 30.0 Å². The average molecular weight is 403 g/mol. The number of aliphatic hydroxyl groups is 4. The second-order valence-corrected chi connectivity index (χ2v) is 8.55. The van der Waals surface area contributed by atoms with E-state index in [1.165, 1.54) is 10.5 Å². The lowest BCUT2D eigenvalue weighted by molar-refractivity contribution is -0.278. The number of ether oxygens (including phenoxy) is 1. The van der Waals surface area contributed by atoms with Gasteiger partial charge >= 0.3 is 0 Å². The second kappa shape index (κ2) is 7.78. The van der Waals surface area contributed by atoms with E-state index in [-0.39, 0.29) is 0 Å². The van der Waals surface area contributed by atoms with Crippen molar-refractivity contribution in [1.29, 1.82) is 0 Å². The summed E-state index contributed by atoms with van der Waals surface area (Å²) in [5, 5.41) is 40.8. The molecule has 150 valence electrons. The first-order chi connectivity index (χ1) is 13.5. The van der Waals surface area contributed by atoms with Crippen molar-refractivity contribution in [3.63, 3.8) is 0 Å². The number of rotatable bonds is 4. The van der Waals surface area contributed by atoms with Gasteiger partial charge in [-0.05, 0) is 59.9 Å². The Morgan fingerprint density at radius 2 is 1.75 bits per heavy atom. The molecule has 0 bridgehead atoms. The molecule has 1 aliphatic heterocycles. The predicted molar refractivity (Wildman–Crippen MR) is 107 cm³/mol. The van der Waals surface area contributed by atoms with Crippen LogP contribution in [-0.2, 0) is 23.2 Å². The second-order valence-electron chi connectivity index (χ2n) is 7.67. The maximum absolute atomic E-state index is 10.8. The molecule has 5 atom stereocenters. The zero-order valence-electron chi connectivity index (χ0n) is 15.8. The van der Waals surface area contributed by atoms with Crippen LogP contribution in [0.5, 0.6) is 0 Å². The highest BCUT2D eigenvalue weighted by Crippen LogP contribution is 2.48. The van der Waals surface area contributed by atoms with Gasteiger partial charge in [-0.25, -0.2) is 0 Å². The lowest BCUT2D eigenvalue weighted by atomic mass is 9.80. The molecule has 28 heavy (non-hydrogen) atoms. The Morgan fingerprint density at radius 3 is 2.43 bits per heavy atom. The molecule has 2 aromatic carbocycles. The Hall–Kier alpha value is -1.41. The number of aryl methyl sites for hydroxylation is 1. The highest BCUT2D eigenvalue weighted by molar-refractivity contribution is 7.98. The lowest BCUT2D eigenvalue weighted by Gasteiger charge is -2.47. The van der Waals surface area contributed by atoms with E-state index in [1.54, 1.807) is 11.8 Å². The van der Waals surface area contributed by atoms with E-state index in [4.69, 9.17) is 4.74 Å². The molecule has 0 aromatic heterocycles. The molecule has 4 rings (SSSR count). The standard InChI is InChI=1S/C22H26O5S/c1-28-16-6-3-13(4-7-16)10-14-2-5-15-8-9-22(17(15)11-14)21(26)20(25)19(24)18(12-23)27-22/h2-7,11,18-21,23-26H,8-10,12H2,1H3/t18?,19-,20+,21-,22+/m1/s1. The summed E-state index contributed by atoms with van der Waals surface area (Å²) >= 11 is 1.71. The molecule has 5 nitrogen and oxygen atoms in total. The van der Waals surface area contributed by atoms with E-state index in [0.717, 1.165) is 29.5 Å². The number of fused-ring (bicyclic) bond motifs is 2. The van der Waals surface area contributed by atoms with Gasteiger partial charge in [0.2, 0.25) is 0 Å². The Balaban J connectivity index is 1.66. The molecular formula is C22H26O5S. The molecule has 2 aromatic rings. The summed E-state index contributed by atoms with van der Waals surface area (Å²) in [6, 6.07) is 14.6. The first-order valence-electron chi connectivity index (χ1n) is 9.56. The fourth-order valence-corrected chi connectivity index (χ4v) is 4.85. The number of hydrogen-bond acceptors (Lipinski definition) is 6. The average Bonchev–Trinajstić information content (AvgIpc) is 3.08. The van der Waals surface area contributed by atoms with E-state index >= 15 is 0 Å². The van der Waals surface area contributed by atoms with E-state index in [9.17, 15) is 20.4 Å².